The van der Waals surface area contributed by atoms with E-state index in [4.69, 9.17) is 10.9 Å². The highest BCUT2D eigenvalue weighted by Crippen LogP contribution is 2.16. The van der Waals surface area contributed by atoms with Gasteiger partial charge in [-0.25, -0.2) is 18.2 Å². The molecule has 0 fully saturated rings. The van der Waals surface area contributed by atoms with Gasteiger partial charge in [0.15, 0.2) is 0 Å². The number of nitrogens with zero attached hydrogens (tertiary/aromatic N) is 3. The molecule has 1 heterocycles. The van der Waals surface area contributed by atoms with Gasteiger partial charge in [-0.3, -0.25) is 9.59 Å². The summed E-state index contributed by atoms with van der Waals surface area (Å²) >= 11 is 0.502. The number of aryl methyl sites for hydroxylation is 1. The lowest BCUT2D eigenvalue weighted by atomic mass is 10.3. The smallest absolute Gasteiger partial charge is 0.285 e. The molecule has 158 valence electrons. The molecule has 2 aromatic rings. The Kier molecular flexibility index (Phi) is 6.85. The van der Waals surface area contributed by atoms with Crippen molar-refractivity contribution in [3.63, 3.8) is 0 Å². The number of carbonyl (C=O) groups excluding carboxylic acids is 2. The summed E-state index contributed by atoms with van der Waals surface area (Å²) in [6, 6.07) is 5.06. The lowest BCUT2D eigenvalue weighted by Gasteiger charge is -2.06. The Balaban J connectivity index is 2.20. The normalized spacial score (nSPS) is 12.6. The van der Waals surface area contributed by atoms with Crippen LogP contribution in [-0.4, -0.2) is 51.5 Å². The van der Waals surface area contributed by atoms with Crippen LogP contribution in [0.2, 0.25) is 0 Å². The van der Waals surface area contributed by atoms with Gasteiger partial charge in [-0.1, -0.05) is 11.3 Å². The highest BCUT2D eigenvalue weighted by atomic mass is 32.2. The number of rotatable bonds is 7. The number of primary sulfonamides is 1. The van der Waals surface area contributed by atoms with Crippen LogP contribution < -0.4 is 26.3 Å². The molecule has 13 nitrogen and oxygen atoms in total. The maximum atomic E-state index is 12.4. The van der Waals surface area contributed by atoms with Gasteiger partial charge in [0.2, 0.25) is 21.0 Å². The van der Waals surface area contributed by atoms with Crippen LogP contribution in [0.25, 0.3) is 0 Å². The summed E-state index contributed by atoms with van der Waals surface area (Å²) in [6.45, 7) is -0.542. The quantitative estimate of drug-likeness (QED) is 0.342. The molecule has 0 spiro atoms. The molecular formula is C13H17N7O6S3. The SMILES string of the molecule is Cn1nc(S(N)(=O)=O)s/c1=N\S(=O)(=O)c1ccc(NC(=O)CNC(=O)CN)cc1. The molecule has 1 aromatic heterocycles. The lowest BCUT2D eigenvalue weighted by Crippen LogP contribution is -2.36. The number of amides is 2. The fourth-order valence-corrected chi connectivity index (χ4v) is 4.61. The molecule has 0 saturated heterocycles. The number of carbonyl (C=O) groups is 2. The van der Waals surface area contributed by atoms with E-state index in [2.05, 4.69) is 20.1 Å². The van der Waals surface area contributed by atoms with Crippen molar-refractivity contribution < 1.29 is 26.4 Å². The first-order valence-corrected chi connectivity index (χ1v) is 11.5. The zero-order chi connectivity index (χ0) is 21.8. The third-order valence-corrected chi connectivity index (χ3v) is 6.90. The first kappa shape index (κ1) is 22.6. The number of nitrogens with two attached hydrogens (primary N) is 2. The Bertz CT molecular complexity index is 1200. The van der Waals surface area contributed by atoms with Crippen molar-refractivity contribution in [3.05, 3.63) is 29.1 Å². The van der Waals surface area contributed by atoms with E-state index in [1.165, 1.54) is 31.3 Å². The molecule has 0 aliphatic heterocycles. The molecule has 1 aromatic carbocycles. The predicted molar refractivity (Wildman–Crippen MR) is 102 cm³/mol. The van der Waals surface area contributed by atoms with E-state index in [1.807, 2.05) is 0 Å². The van der Waals surface area contributed by atoms with Gasteiger partial charge in [0.05, 0.1) is 18.0 Å². The molecule has 0 radical (unpaired) electrons. The van der Waals surface area contributed by atoms with E-state index < -0.39 is 36.2 Å². The van der Waals surface area contributed by atoms with E-state index >= 15 is 0 Å². The average Bonchev–Trinajstić information content (AvgIpc) is 3.00. The molecule has 0 atom stereocenters. The first-order valence-electron chi connectivity index (χ1n) is 7.67. The molecule has 6 N–H and O–H groups in total. The molecule has 0 aliphatic carbocycles. The van der Waals surface area contributed by atoms with Gasteiger partial charge >= 0.3 is 0 Å². The number of hydrogen-bond acceptors (Lipinski definition) is 9. The van der Waals surface area contributed by atoms with Gasteiger partial charge in [-0.15, -0.1) is 9.50 Å². The second-order valence-electron chi connectivity index (χ2n) is 5.44. The van der Waals surface area contributed by atoms with Crippen LogP contribution in [0.4, 0.5) is 5.69 Å². The molecule has 0 unspecified atom stereocenters. The van der Waals surface area contributed by atoms with Crippen molar-refractivity contribution in [2.24, 2.45) is 22.3 Å². The Morgan fingerprint density at radius 3 is 2.31 bits per heavy atom. The second kappa shape index (κ2) is 8.78. The van der Waals surface area contributed by atoms with Crippen molar-refractivity contribution in [2.75, 3.05) is 18.4 Å². The summed E-state index contributed by atoms with van der Waals surface area (Å²) in [5, 5.41) is 13.3. The molecule has 0 aliphatic rings. The maximum Gasteiger partial charge on any atom is 0.285 e. The Hall–Kier alpha value is -2.66. The van der Waals surface area contributed by atoms with Crippen molar-refractivity contribution in [1.82, 2.24) is 15.1 Å². The maximum absolute atomic E-state index is 12.4. The minimum atomic E-state index is -4.18. The van der Waals surface area contributed by atoms with Crippen LogP contribution in [0.3, 0.4) is 0 Å². The number of nitrogens with one attached hydrogen (secondary N) is 2. The van der Waals surface area contributed by atoms with Gasteiger partial charge in [0.1, 0.15) is 0 Å². The Labute approximate surface area is 169 Å². The number of sulfonamides is 2. The highest BCUT2D eigenvalue weighted by Gasteiger charge is 2.18. The monoisotopic (exact) mass is 463 g/mol. The summed E-state index contributed by atoms with van der Waals surface area (Å²) in [6.07, 6.45) is 0. The van der Waals surface area contributed by atoms with Gasteiger partial charge in [0, 0.05) is 12.7 Å². The van der Waals surface area contributed by atoms with Crippen molar-refractivity contribution in [3.8, 4) is 0 Å². The molecule has 0 saturated carbocycles. The van der Waals surface area contributed by atoms with Crippen LogP contribution in [0.1, 0.15) is 0 Å². The molecule has 29 heavy (non-hydrogen) atoms. The summed E-state index contributed by atoms with van der Waals surface area (Å²) in [5.41, 5.74) is 5.39. The fraction of sp³-hybridized carbons (Fsp3) is 0.231. The van der Waals surface area contributed by atoms with Gasteiger partial charge < -0.3 is 16.4 Å². The summed E-state index contributed by atoms with van der Waals surface area (Å²) in [4.78, 5) is 22.3. The summed E-state index contributed by atoms with van der Waals surface area (Å²) < 4.78 is 51.6. The van der Waals surface area contributed by atoms with E-state index in [-0.39, 0.29) is 28.5 Å². The standard InChI is InChI=1S/C13H17N7O6S3/c1-20-12(27-13(18-20)28(15,23)24)19-29(25,26)9-4-2-8(3-5-9)17-11(22)7-16-10(21)6-14/h2-5H,6-7,14H2,1H3,(H,16,21)(H,17,22)(H2,15,23,24)/b19-12-. The molecule has 0 bridgehead atoms. The highest BCUT2D eigenvalue weighted by molar-refractivity contribution is 7.91. The van der Waals surface area contributed by atoms with Crippen LogP contribution in [0, 0.1) is 0 Å². The van der Waals surface area contributed by atoms with Crippen LogP contribution in [0.5, 0.6) is 0 Å². The molecular weight excluding hydrogens is 446 g/mol. The third-order valence-electron chi connectivity index (χ3n) is 3.20. The van der Waals surface area contributed by atoms with Gasteiger partial charge in [-0.2, -0.15) is 8.42 Å². The van der Waals surface area contributed by atoms with E-state index in [0.717, 1.165) is 4.68 Å². The van der Waals surface area contributed by atoms with Gasteiger partial charge in [0.25, 0.3) is 20.0 Å². The third kappa shape index (κ3) is 6.16. The zero-order valence-corrected chi connectivity index (χ0v) is 17.3. The predicted octanol–water partition coefficient (Wildman–Crippen LogP) is -2.57. The lowest BCUT2D eigenvalue weighted by molar-refractivity contribution is -0.123. The van der Waals surface area contributed by atoms with E-state index in [9.17, 15) is 26.4 Å². The van der Waals surface area contributed by atoms with Crippen molar-refractivity contribution in [2.45, 2.75) is 9.24 Å². The fourth-order valence-electron chi connectivity index (χ4n) is 1.84. The number of hydrogen-bond donors (Lipinski definition) is 4. The second-order valence-corrected chi connectivity index (χ2v) is 9.73. The minimum absolute atomic E-state index is 0.193. The Morgan fingerprint density at radius 2 is 1.79 bits per heavy atom. The van der Waals surface area contributed by atoms with Crippen LogP contribution in [0.15, 0.2) is 37.9 Å². The van der Waals surface area contributed by atoms with Crippen molar-refractivity contribution >= 4 is 48.9 Å². The average molecular weight is 464 g/mol. The van der Waals surface area contributed by atoms with Crippen molar-refractivity contribution in [1.29, 1.82) is 0 Å². The Morgan fingerprint density at radius 1 is 1.17 bits per heavy atom. The summed E-state index contributed by atoms with van der Waals surface area (Å²) in [5.74, 6) is -1.02. The summed E-state index contributed by atoms with van der Waals surface area (Å²) in [7, 11) is -6.96. The zero-order valence-electron chi connectivity index (χ0n) is 14.9. The van der Waals surface area contributed by atoms with Gasteiger partial charge in [-0.05, 0) is 24.3 Å². The minimum Gasteiger partial charge on any atom is -0.346 e. The van der Waals surface area contributed by atoms with E-state index in [1.54, 1.807) is 0 Å². The first-order chi connectivity index (χ1) is 13.4. The van der Waals surface area contributed by atoms with E-state index in [0.29, 0.717) is 11.3 Å². The molecule has 16 heteroatoms. The van der Waals surface area contributed by atoms with Crippen LogP contribution in [-0.2, 0) is 36.7 Å². The largest absolute Gasteiger partial charge is 0.346 e. The topological polar surface area (TPSA) is 209 Å². The number of aromatic nitrogens is 2. The molecule has 2 rings (SSSR count). The number of benzene rings is 1. The number of anilines is 1. The van der Waals surface area contributed by atoms with Crippen LogP contribution >= 0.6 is 11.3 Å². The molecule has 2 amide bonds.